The third-order valence-corrected chi connectivity index (χ3v) is 2.52. The van der Waals surface area contributed by atoms with Crippen LogP contribution in [0.5, 0.6) is 5.75 Å². The molecule has 0 aromatic heterocycles. The van der Waals surface area contributed by atoms with Crippen LogP contribution in [0.1, 0.15) is 12.5 Å². The second-order valence-corrected chi connectivity index (χ2v) is 4.53. The van der Waals surface area contributed by atoms with Crippen LogP contribution in [-0.4, -0.2) is 23.9 Å². The number of nitrogens with zero attached hydrogens (tertiary/aromatic N) is 1. The standard InChI is InChI=1S/C12H11BrF3NO2/c1-2-19-11-5-9(17-6-8(13)7-18)3-4-10(11)12(14,15)16/h3-8H,2H2,1H3/b17-6+. The summed E-state index contributed by atoms with van der Waals surface area (Å²) in [6.07, 6.45) is -2.59. The summed E-state index contributed by atoms with van der Waals surface area (Å²) in [6, 6.07) is 3.31. The summed E-state index contributed by atoms with van der Waals surface area (Å²) in [5.41, 5.74) is -0.568. The maximum atomic E-state index is 12.7. The minimum atomic E-state index is -4.48. The van der Waals surface area contributed by atoms with Crippen LogP contribution in [0.15, 0.2) is 23.2 Å². The SMILES string of the molecule is CCOc1cc(/N=C/C(Br)C=O)ccc1C(F)(F)F. The largest absolute Gasteiger partial charge is 0.493 e. The van der Waals surface area contributed by atoms with Crippen LogP contribution in [0.4, 0.5) is 18.9 Å². The van der Waals surface area contributed by atoms with E-state index in [2.05, 4.69) is 20.9 Å². The van der Waals surface area contributed by atoms with Crippen molar-refractivity contribution >= 4 is 34.1 Å². The Morgan fingerprint density at radius 3 is 2.68 bits per heavy atom. The normalized spacial score (nSPS) is 13.5. The van der Waals surface area contributed by atoms with Crippen LogP contribution < -0.4 is 4.74 Å². The monoisotopic (exact) mass is 337 g/mol. The van der Waals surface area contributed by atoms with E-state index >= 15 is 0 Å². The molecule has 0 amide bonds. The van der Waals surface area contributed by atoms with Crippen LogP contribution in [0.3, 0.4) is 0 Å². The molecule has 0 N–H and O–H groups in total. The zero-order valence-corrected chi connectivity index (χ0v) is 11.5. The highest BCUT2D eigenvalue weighted by Crippen LogP contribution is 2.38. The minimum Gasteiger partial charge on any atom is -0.493 e. The van der Waals surface area contributed by atoms with Gasteiger partial charge in [-0.1, -0.05) is 15.9 Å². The molecule has 0 fully saturated rings. The lowest BCUT2D eigenvalue weighted by Gasteiger charge is -2.13. The average molecular weight is 338 g/mol. The lowest BCUT2D eigenvalue weighted by atomic mass is 10.1. The number of carbonyl (C=O) groups is 1. The highest BCUT2D eigenvalue weighted by atomic mass is 79.9. The number of carbonyl (C=O) groups excluding carboxylic acids is 1. The topological polar surface area (TPSA) is 38.7 Å². The Kier molecular flexibility index (Phi) is 5.53. The van der Waals surface area contributed by atoms with E-state index in [4.69, 9.17) is 4.74 Å². The molecule has 7 heteroatoms. The van der Waals surface area contributed by atoms with Gasteiger partial charge in [0, 0.05) is 12.3 Å². The van der Waals surface area contributed by atoms with Gasteiger partial charge in [0.1, 0.15) is 16.9 Å². The van der Waals surface area contributed by atoms with E-state index in [1.807, 2.05) is 0 Å². The van der Waals surface area contributed by atoms with Gasteiger partial charge < -0.3 is 9.53 Å². The van der Waals surface area contributed by atoms with Crippen LogP contribution in [-0.2, 0) is 11.0 Å². The van der Waals surface area contributed by atoms with Crippen molar-refractivity contribution < 1.29 is 22.7 Å². The predicted molar refractivity (Wildman–Crippen MR) is 69.5 cm³/mol. The Hall–Kier alpha value is -1.37. The van der Waals surface area contributed by atoms with Crippen molar-refractivity contribution in [1.82, 2.24) is 0 Å². The van der Waals surface area contributed by atoms with Gasteiger partial charge in [0.2, 0.25) is 0 Å². The Morgan fingerprint density at radius 1 is 1.47 bits per heavy atom. The van der Waals surface area contributed by atoms with Crippen LogP contribution in [0, 0.1) is 0 Å². The van der Waals surface area contributed by atoms with E-state index in [0.29, 0.717) is 6.29 Å². The van der Waals surface area contributed by atoms with Gasteiger partial charge in [0.05, 0.1) is 17.9 Å². The van der Waals surface area contributed by atoms with E-state index in [9.17, 15) is 18.0 Å². The lowest BCUT2D eigenvalue weighted by Crippen LogP contribution is -2.08. The molecule has 1 aromatic rings. The second-order valence-electron chi connectivity index (χ2n) is 3.47. The molecule has 0 aliphatic carbocycles. The van der Waals surface area contributed by atoms with Crippen molar-refractivity contribution in [3.63, 3.8) is 0 Å². The molecule has 0 aliphatic heterocycles. The third-order valence-electron chi connectivity index (χ3n) is 2.07. The zero-order chi connectivity index (χ0) is 14.5. The summed E-state index contributed by atoms with van der Waals surface area (Å²) in [4.78, 5) is 13.7. The molecule has 1 unspecified atom stereocenters. The molecule has 104 valence electrons. The van der Waals surface area contributed by atoms with Crippen LogP contribution in [0.25, 0.3) is 0 Å². The van der Waals surface area contributed by atoms with Gasteiger partial charge in [-0.3, -0.25) is 4.99 Å². The summed E-state index contributed by atoms with van der Waals surface area (Å²) >= 11 is 3.00. The molecule has 0 radical (unpaired) electrons. The maximum absolute atomic E-state index is 12.7. The van der Waals surface area contributed by atoms with Gasteiger partial charge in [-0.25, -0.2) is 0 Å². The lowest BCUT2D eigenvalue weighted by molar-refractivity contribution is -0.138. The molecule has 0 bridgehead atoms. The number of ether oxygens (including phenoxy) is 1. The highest BCUT2D eigenvalue weighted by Gasteiger charge is 2.34. The summed E-state index contributed by atoms with van der Waals surface area (Å²) < 4.78 is 43.1. The highest BCUT2D eigenvalue weighted by molar-refractivity contribution is 9.10. The first-order chi connectivity index (χ1) is 8.88. The Labute approximate surface area is 116 Å². The first kappa shape index (κ1) is 15.7. The van der Waals surface area contributed by atoms with Crippen molar-refractivity contribution in [1.29, 1.82) is 0 Å². The number of benzene rings is 1. The number of alkyl halides is 4. The van der Waals surface area contributed by atoms with Crippen molar-refractivity contribution in [2.75, 3.05) is 6.61 Å². The van der Waals surface area contributed by atoms with Gasteiger partial charge in [0.25, 0.3) is 0 Å². The van der Waals surface area contributed by atoms with E-state index in [0.717, 1.165) is 6.07 Å². The van der Waals surface area contributed by atoms with E-state index < -0.39 is 16.6 Å². The van der Waals surface area contributed by atoms with Crippen LogP contribution >= 0.6 is 15.9 Å². The van der Waals surface area contributed by atoms with E-state index in [1.54, 1.807) is 6.92 Å². The molecule has 1 atom stereocenters. The summed E-state index contributed by atoms with van der Waals surface area (Å²) in [5.74, 6) is -0.276. The molecule has 1 aromatic carbocycles. The molecule has 0 saturated heterocycles. The summed E-state index contributed by atoms with van der Waals surface area (Å²) in [6.45, 7) is 1.71. The Balaban J connectivity index is 3.09. The minimum absolute atomic E-state index is 0.117. The number of hydrogen-bond acceptors (Lipinski definition) is 3. The van der Waals surface area contributed by atoms with Crippen molar-refractivity contribution in [3.8, 4) is 5.75 Å². The summed E-state index contributed by atoms with van der Waals surface area (Å²) in [7, 11) is 0. The fraction of sp³-hybridized carbons (Fsp3) is 0.333. The predicted octanol–water partition coefficient (Wildman–Crippen LogP) is 3.77. The molecule has 0 spiro atoms. The first-order valence-corrected chi connectivity index (χ1v) is 6.27. The molecular weight excluding hydrogens is 327 g/mol. The molecule has 0 aliphatic rings. The maximum Gasteiger partial charge on any atom is 0.419 e. The fourth-order valence-electron chi connectivity index (χ4n) is 1.29. The van der Waals surface area contributed by atoms with Gasteiger partial charge in [0.15, 0.2) is 0 Å². The van der Waals surface area contributed by atoms with Crippen molar-refractivity contribution in [3.05, 3.63) is 23.8 Å². The Morgan fingerprint density at radius 2 is 2.16 bits per heavy atom. The van der Waals surface area contributed by atoms with Gasteiger partial charge >= 0.3 is 6.18 Å². The molecule has 3 nitrogen and oxygen atoms in total. The summed E-state index contributed by atoms with van der Waals surface area (Å²) in [5, 5.41) is 0. The molecule has 0 heterocycles. The van der Waals surface area contributed by atoms with Gasteiger partial charge in [-0.15, -0.1) is 0 Å². The molecule has 0 saturated carbocycles. The second kappa shape index (κ2) is 6.70. The Bertz CT molecular complexity index is 475. The molecule has 19 heavy (non-hydrogen) atoms. The zero-order valence-electron chi connectivity index (χ0n) is 9.95. The smallest absolute Gasteiger partial charge is 0.419 e. The van der Waals surface area contributed by atoms with Crippen molar-refractivity contribution in [2.45, 2.75) is 17.9 Å². The number of halogens is 4. The van der Waals surface area contributed by atoms with E-state index in [-0.39, 0.29) is 18.0 Å². The quantitative estimate of drug-likeness (QED) is 0.466. The first-order valence-electron chi connectivity index (χ1n) is 5.36. The van der Waals surface area contributed by atoms with Gasteiger partial charge in [-0.2, -0.15) is 13.2 Å². The molecular formula is C12H11BrF3NO2. The number of aliphatic imine (C=N–C) groups is 1. The number of rotatable bonds is 5. The molecule has 1 rings (SSSR count). The number of aldehydes is 1. The fourth-order valence-corrected chi connectivity index (χ4v) is 1.41. The van der Waals surface area contributed by atoms with Crippen LogP contribution in [0.2, 0.25) is 0 Å². The third kappa shape index (κ3) is 4.66. The number of hydrogen-bond donors (Lipinski definition) is 0. The average Bonchev–Trinajstić information content (AvgIpc) is 2.35. The van der Waals surface area contributed by atoms with E-state index in [1.165, 1.54) is 18.3 Å². The van der Waals surface area contributed by atoms with Gasteiger partial charge in [-0.05, 0) is 19.1 Å². The van der Waals surface area contributed by atoms with Crippen molar-refractivity contribution in [2.24, 2.45) is 4.99 Å².